The second-order valence-corrected chi connectivity index (χ2v) is 8.02. The molecule has 1 aliphatic heterocycles. The van der Waals surface area contributed by atoms with E-state index in [9.17, 15) is 13.6 Å². The lowest BCUT2D eigenvalue weighted by atomic mass is 9.94. The number of hydrogen-bond donors (Lipinski definition) is 0. The van der Waals surface area contributed by atoms with Crippen LogP contribution in [0.4, 0.5) is 8.78 Å². The molecule has 2 aliphatic rings. The van der Waals surface area contributed by atoms with Crippen molar-refractivity contribution in [3.8, 4) is 11.4 Å². The highest BCUT2D eigenvalue weighted by Crippen LogP contribution is 2.36. The number of fused-ring (bicyclic) bond motifs is 1. The minimum Gasteiger partial charge on any atom is -0.341 e. The predicted molar refractivity (Wildman–Crippen MR) is 106 cm³/mol. The van der Waals surface area contributed by atoms with Crippen LogP contribution in [-0.2, 0) is 11.2 Å². The molecule has 0 spiro atoms. The van der Waals surface area contributed by atoms with Crippen LogP contribution in [0.1, 0.15) is 48.1 Å². The van der Waals surface area contributed by atoms with Crippen molar-refractivity contribution in [3.63, 3.8) is 0 Å². The molecule has 5 nitrogen and oxygen atoms in total. The third-order valence-corrected chi connectivity index (χ3v) is 6.11. The number of aromatic nitrogens is 2. The first-order chi connectivity index (χ1) is 14.6. The molecule has 3 aromatic rings. The lowest BCUT2D eigenvalue weighted by molar-refractivity contribution is -0.134. The van der Waals surface area contributed by atoms with Crippen LogP contribution in [0.15, 0.2) is 47.0 Å². The zero-order chi connectivity index (χ0) is 20.7. The average molecular weight is 409 g/mol. The maximum atomic E-state index is 13.5. The summed E-state index contributed by atoms with van der Waals surface area (Å²) in [5, 5.41) is 4.03. The number of likely N-dealkylation sites (tertiary alicyclic amines) is 1. The molecule has 0 N–H and O–H groups in total. The fraction of sp³-hybridized carbons (Fsp3) is 0.348. The summed E-state index contributed by atoms with van der Waals surface area (Å²) in [5.74, 6) is 0.188. The van der Waals surface area contributed by atoms with Gasteiger partial charge in [0.2, 0.25) is 17.6 Å². The first-order valence-corrected chi connectivity index (χ1v) is 10.2. The maximum absolute atomic E-state index is 13.5. The van der Waals surface area contributed by atoms with E-state index >= 15 is 0 Å². The van der Waals surface area contributed by atoms with Crippen molar-refractivity contribution in [1.82, 2.24) is 15.0 Å². The zero-order valence-corrected chi connectivity index (χ0v) is 16.4. The van der Waals surface area contributed by atoms with Crippen LogP contribution in [0.3, 0.4) is 0 Å². The van der Waals surface area contributed by atoms with Crippen LogP contribution in [0.25, 0.3) is 11.4 Å². The smallest absolute Gasteiger partial charge is 0.231 e. The summed E-state index contributed by atoms with van der Waals surface area (Å²) in [6.45, 7) is 1.22. The lowest BCUT2D eigenvalue weighted by Crippen LogP contribution is -2.41. The van der Waals surface area contributed by atoms with Gasteiger partial charge in [-0.05, 0) is 73.2 Å². The van der Waals surface area contributed by atoms with Gasteiger partial charge < -0.3 is 9.42 Å². The summed E-state index contributed by atoms with van der Waals surface area (Å²) >= 11 is 0. The number of piperidine rings is 1. The monoisotopic (exact) mass is 409 g/mol. The van der Waals surface area contributed by atoms with Crippen molar-refractivity contribution in [2.75, 3.05) is 13.1 Å². The van der Waals surface area contributed by atoms with Gasteiger partial charge in [-0.3, -0.25) is 4.79 Å². The van der Waals surface area contributed by atoms with Crippen molar-refractivity contribution < 1.29 is 18.1 Å². The molecule has 1 aliphatic carbocycles. The third-order valence-electron chi connectivity index (χ3n) is 6.11. The van der Waals surface area contributed by atoms with E-state index in [1.54, 1.807) is 18.2 Å². The molecule has 0 radical (unpaired) electrons. The molecule has 1 aromatic heterocycles. The topological polar surface area (TPSA) is 59.2 Å². The van der Waals surface area contributed by atoms with Crippen molar-refractivity contribution in [2.45, 2.75) is 37.5 Å². The molecule has 2 heterocycles. The molecule has 1 saturated heterocycles. The van der Waals surface area contributed by atoms with Gasteiger partial charge in [0.1, 0.15) is 11.6 Å². The number of rotatable bonds is 3. The number of benzene rings is 2. The second kappa shape index (κ2) is 7.63. The average Bonchev–Trinajstić information content (AvgIpc) is 3.41. The van der Waals surface area contributed by atoms with E-state index in [1.165, 1.54) is 24.3 Å². The highest BCUT2D eigenvalue weighted by atomic mass is 19.1. The van der Waals surface area contributed by atoms with E-state index < -0.39 is 0 Å². The van der Waals surface area contributed by atoms with E-state index in [-0.39, 0.29) is 29.4 Å². The molecule has 30 heavy (non-hydrogen) atoms. The molecule has 2 aromatic carbocycles. The molecule has 5 rings (SSSR count). The van der Waals surface area contributed by atoms with Gasteiger partial charge >= 0.3 is 0 Å². The Bertz CT molecular complexity index is 1080. The van der Waals surface area contributed by atoms with E-state index in [0.717, 1.165) is 30.4 Å². The molecule has 1 fully saturated rings. The Morgan fingerprint density at radius 2 is 1.87 bits per heavy atom. The second-order valence-electron chi connectivity index (χ2n) is 8.02. The number of aryl methyl sites for hydroxylation is 1. The standard InChI is InChI=1S/C23H21F2N3O2/c24-17-6-3-14(4-7-17)21-26-22(30-27-21)16-2-1-11-28(13-16)23(29)20-9-5-15-12-18(25)8-10-19(15)20/h3-4,6-8,10,12,16,20H,1-2,5,9,11,13H2. The molecule has 1 amide bonds. The fourth-order valence-electron chi connectivity index (χ4n) is 4.56. The fourth-order valence-corrected chi connectivity index (χ4v) is 4.56. The number of nitrogens with zero attached hydrogens (tertiary/aromatic N) is 3. The van der Waals surface area contributed by atoms with Gasteiger partial charge in [-0.2, -0.15) is 4.98 Å². The maximum Gasteiger partial charge on any atom is 0.231 e. The summed E-state index contributed by atoms with van der Waals surface area (Å²) in [5.41, 5.74) is 2.56. The molecule has 7 heteroatoms. The molecular weight excluding hydrogens is 388 g/mol. The number of hydrogen-bond acceptors (Lipinski definition) is 4. The van der Waals surface area contributed by atoms with Gasteiger partial charge in [0, 0.05) is 18.7 Å². The number of amides is 1. The first-order valence-electron chi connectivity index (χ1n) is 10.2. The van der Waals surface area contributed by atoms with Gasteiger partial charge in [0.25, 0.3) is 0 Å². The minimum atomic E-state index is -0.319. The SMILES string of the molecule is O=C(C1CCc2cc(F)ccc21)N1CCCC(c2nc(-c3ccc(F)cc3)no2)C1. The largest absolute Gasteiger partial charge is 0.341 e. The van der Waals surface area contributed by atoms with Crippen LogP contribution < -0.4 is 0 Å². The van der Waals surface area contributed by atoms with Crippen molar-refractivity contribution in [1.29, 1.82) is 0 Å². The van der Waals surface area contributed by atoms with Crippen LogP contribution in [0.2, 0.25) is 0 Å². The van der Waals surface area contributed by atoms with Crippen molar-refractivity contribution in [2.24, 2.45) is 0 Å². The summed E-state index contributed by atoms with van der Waals surface area (Å²) in [7, 11) is 0. The Labute approximate surface area is 172 Å². The quantitative estimate of drug-likeness (QED) is 0.641. The highest BCUT2D eigenvalue weighted by Gasteiger charge is 2.35. The van der Waals surface area contributed by atoms with E-state index in [1.807, 2.05) is 4.90 Å². The summed E-state index contributed by atoms with van der Waals surface area (Å²) < 4.78 is 32.1. The third kappa shape index (κ3) is 3.49. The Morgan fingerprint density at radius 3 is 2.70 bits per heavy atom. The molecule has 154 valence electrons. The number of carbonyl (C=O) groups is 1. The van der Waals surface area contributed by atoms with Gasteiger partial charge in [-0.15, -0.1) is 0 Å². The highest BCUT2D eigenvalue weighted by molar-refractivity contribution is 5.85. The lowest BCUT2D eigenvalue weighted by Gasteiger charge is -2.33. The van der Waals surface area contributed by atoms with E-state index in [2.05, 4.69) is 10.1 Å². The Kier molecular flexibility index (Phi) is 4.81. The van der Waals surface area contributed by atoms with Crippen molar-refractivity contribution in [3.05, 3.63) is 71.1 Å². The summed E-state index contributed by atoms with van der Waals surface area (Å²) in [6, 6.07) is 10.7. The minimum absolute atomic E-state index is 0.0292. The van der Waals surface area contributed by atoms with Crippen LogP contribution in [0.5, 0.6) is 0 Å². The van der Waals surface area contributed by atoms with E-state index in [0.29, 0.717) is 36.8 Å². The van der Waals surface area contributed by atoms with Gasteiger partial charge in [-0.1, -0.05) is 11.2 Å². The summed E-state index contributed by atoms with van der Waals surface area (Å²) in [4.78, 5) is 19.6. The van der Waals surface area contributed by atoms with Crippen LogP contribution in [0, 0.1) is 11.6 Å². The number of carbonyl (C=O) groups excluding carboxylic acids is 1. The van der Waals surface area contributed by atoms with Gasteiger partial charge in [0.15, 0.2) is 0 Å². The van der Waals surface area contributed by atoms with E-state index in [4.69, 9.17) is 4.52 Å². The molecular formula is C23H21F2N3O2. The first kappa shape index (κ1) is 18.9. The number of halogens is 2. The normalized spacial score (nSPS) is 20.9. The van der Waals surface area contributed by atoms with Gasteiger partial charge in [-0.25, -0.2) is 8.78 Å². The zero-order valence-electron chi connectivity index (χ0n) is 16.4. The van der Waals surface area contributed by atoms with Crippen molar-refractivity contribution >= 4 is 5.91 Å². The summed E-state index contributed by atoms with van der Waals surface area (Å²) in [6.07, 6.45) is 3.16. The molecule has 2 atom stereocenters. The van der Waals surface area contributed by atoms with Crippen LogP contribution >= 0.6 is 0 Å². The molecule has 0 saturated carbocycles. The Balaban J connectivity index is 1.31. The Morgan fingerprint density at radius 1 is 1.07 bits per heavy atom. The predicted octanol–water partition coefficient (Wildman–Crippen LogP) is 4.45. The Hall–Kier alpha value is -3.09. The molecule has 0 bridgehead atoms. The van der Waals surface area contributed by atoms with Gasteiger partial charge in [0.05, 0.1) is 11.8 Å². The van der Waals surface area contributed by atoms with Crippen LogP contribution in [-0.4, -0.2) is 34.0 Å². The molecule has 2 unspecified atom stereocenters.